The van der Waals surface area contributed by atoms with Crippen LogP contribution in [0.2, 0.25) is 0 Å². The number of hydrogen-bond acceptors (Lipinski definition) is 6. The number of hydrogen-bond donors (Lipinski definition) is 1. The molecule has 2 aromatic carbocycles. The van der Waals surface area contributed by atoms with Crippen LogP contribution in [0, 0.1) is 0 Å². The van der Waals surface area contributed by atoms with Gasteiger partial charge in [0.2, 0.25) is 5.95 Å². The summed E-state index contributed by atoms with van der Waals surface area (Å²) in [5, 5.41) is 2.82. The summed E-state index contributed by atoms with van der Waals surface area (Å²) in [5.41, 5.74) is 3.37. The number of para-hydroxylation sites is 1. The van der Waals surface area contributed by atoms with Gasteiger partial charge < -0.3 is 19.7 Å². The molecule has 28 heavy (non-hydrogen) atoms. The lowest BCUT2D eigenvalue weighted by molar-refractivity contribution is 0.102. The van der Waals surface area contributed by atoms with Crippen LogP contribution in [0.25, 0.3) is 0 Å². The lowest BCUT2D eigenvalue weighted by Gasteiger charge is -2.17. The molecule has 0 bridgehead atoms. The molecule has 1 aromatic heterocycles. The van der Waals surface area contributed by atoms with Crippen molar-refractivity contribution in [2.24, 2.45) is 0 Å². The van der Waals surface area contributed by atoms with Crippen LogP contribution in [0.4, 0.5) is 17.3 Å². The van der Waals surface area contributed by atoms with E-state index in [4.69, 9.17) is 9.47 Å². The molecule has 0 atom stereocenters. The van der Waals surface area contributed by atoms with Gasteiger partial charge in [0.05, 0.1) is 19.8 Å². The largest absolute Gasteiger partial charge is 0.493 e. The van der Waals surface area contributed by atoms with Gasteiger partial charge in [0.1, 0.15) is 0 Å². The first-order valence-corrected chi connectivity index (χ1v) is 8.90. The highest BCUT2D eigenvalue weighted by atomic mass is 16.5. The van der Waals surface area contributed by atoms with Gasteiger partial charge in [-0.3, -0.25) is 4.79 Å². The lowest BCUT2D eigenvalue weighted by atomic mass is 10.2. The van der Waals surface area contributed by atoms with Crippen LogP contribution in [0.5, 0.6) is 11.5 Å². The number of benzene rings is 2. The smallest absolute Gasteiger partial charge is 0.258 e. The van der Waals surface area contributed by atoms with Gasteiger partial charge in [0.25, 0.3) is 5.91 Å². The van der Waals surface area contributed by atoms with Crippen LogP contribution in [0.15, 0.2) is 54.9 Å². The monoisotopic (exact) mass is 376 g/mol. The minimum atomic E-state index is -0.291. The van der Waals surface area contributed by atoms with Crippen LogP contribution >= 0.6 is 0 Å². The fraction of sp³-hybridized carbons (Fsp3) is 0.190. The van der Waals surface area contributed by atoms with Crippen molar-refractivity contribution in [1.29, 1.82) is 0 Å². The number of amides is 1. The van der Waals surface area contributed by atoms with Gasteiger partial charge in [-0.1, -0.05) is 18.2 Å². The molecular weight excluding hydrogens is 356 g/mol. The van der Waals surface area contributed by atoms with Gasteiger partial charge in [-0.05, 0) is 30.2 Å². The van der Waals surface area contributed by atoms with E-state index in [0.29, 0.717) is 28.7 Å². The molecule has 7 heteroatoms. The van der Waals surface area contributed by atoms with Crippen molar-refractivity contribution < 1.29 is 14.3 Å². The zero-order chi connectivity index (χ0) is 19.5. The van der Waals surface area contributed by atoms with Crippen LogP contribution in [-0.2, 0) is 6.42 Å². The molecule has 0 saturated heterocycles. The average molecular weight is 376 g/mol. The maximum atomic E-state index is 12.5. The molecule has 0 unspecified atom stereocenters. The maximum absolute atomic E-state index is 12.5. The third-order valence-electron chi connectivity index (χ3n) is 4.67. The summed E-state index contributed by atoms with van der Waals surface area (Å²) in [6.45, 7) is 0.830. The molecule has 1 amide bonds. The molecule has 142 valence electrons. The fourth-order valence-electron chi connectivity index (χ4n) is 3.24. The molecule has 1 N–H and O–H groups in total. The Morgan fingerprint density at radius 2 is 1.79 bits per heavy atom. The van der Waals surface area contributed by atoms with Gasteiger partial charge in [-0.2, -0.15) is 0 Å². The average Bonchev–Trinajstić information content (AvgIpc) is 3.18. The minimum absolute atomic E-state index is 0.291. The number of nitrogens with zero attached hydrogens (tertiary/aromatic N) is 3. The predicted octanol–water partition coefficient (Wildman–Crippen LogP) is 3.44. The summed E-state index contributed by atoms with van der Waals surface area (Å²) in [6.07, 6.45) is 4.04. The SMILES string of the molecule is COc1ccc(NC(=O)c2cnc(N3CCc4ccccc43)nc2)cc1OC. The molecule has 3 aromatic rings. The van der Waals surface area contributed by atoms with E-state index < -0.39 is 0 Å². The third-order valence-corrected chi connectivity index (χ3v) is 4.67. The Bertz CT molecular complexity index is 1000. The number of carbonyl (C=O) groups excluding carboxylic acids is 1. The second kappa shape index (κ2) is 7.56. The highest BCUT2D eigenvalue weighted by Crippen LogP contribution is 2.32. The van der Waals surface area contributed by atoms with Crippen molar-refractivity contribution in [3.8, 4) is 11.5 Å². The first kappa shape index (κ1) is 17.8. The topological polar surface area (TPSA) is 76.6 Å². The molecule has 1 aliphatic rings. The van der Waals surface area contributed by atoms with E-state index in [0.717, 1.165) is 18.7 Å². The van der Waals surface area contributed by atoms with Crippen molar-refractivity contribution in [2.75, 3.05) is 31.0 Å². The van der Waals surface area contributed by atoms with Crippen LogP contribution in [0.3, 0.4) is 0 Å². The molecule has 2 heterocycles. The van der Waals surface area contributed by atoms with E-state index in [-0.39, 0.29) is 5.91 Å². The van der Waals surface area contributed by atoms with Gasteiger partial charge >= 0.3 is 0 Å². The number of ether oxygens (including phenoxy) is 2. The van der Waals surface area contributed by atoms with Gasteiger partial charge in [-0.25, -0.2) is 9.97 Å². The van der Waals surface area contributed by atoms with E-state index in [1.807, 2.05) is 12.1 Å². The van der Waals surface area contributed by atoms with Gasteiger partial charge in [0, 0.05) is 36.4 Å². The van der Waals surface area contributed by atoms with Crippen LogP contribution < -0.4 is 19.7 Å². The number of aromatic nitrogens is 2. The highest BCUT2D eigenvalue weighted by Gasteiger charge is 2.22. The second-order valence-electron chi connectivity index (χ2n) is 6.33. The van der Waals surface area contributed by atoms with E-state index in [1.165, 1.54) is 5.56 Å². The Balaban J connectivity index is 1.49. The Labute approximate surface area is 163 Å². The van der Waals surface area contributed by atoms with E-state index >= 15 is 0 Å². The number of carbonyl (C=O) groups is 1. The Hall–Kier alpha value is -3.61. The zero-order valence-corrected chi connectivity index (χ0v) is 15.7. The van der Waals surface area contributed by atoms with Crippen molar-refractivity contribution in [3.63, 3.8) is 0 Å². The van der Waals surface area contributed by atoms with E-state index in [1.54, 1.807) is 44.8 Å². The molecule has 0 spiro atoms. The summed E-state index contributed by atoms with van der Waals surface area (Å²) in [5.74, 6) is 1.44. The van der Waals surface area contributed by atoms with E-state index in [2.05, 4.69) is 32.3 Å². The van der Waals surface area contributed by atoms with Gasteiger partial charge in [-0.15, -0.1) is 0 Å². The van der Waals surface area contributed by atoms with Gasteiger partial charge in [0.15, 0.2) is 11.5 Å². The molecule has 7 nitrogen and oxygen atoms in total. The molecule has 0 saturated carbocycles. The molecule has 0 fully saturated rings. The molecule has 4 rings (SSSR count). The summed E-state index contributed by atoms with van der Waals surface area (Å²) in [6, 6.07) is 13.4. The predicted molar refractivity (Wildman–Crippen MR) is 107 cm³/mol. The van der Waals surface area contributed by atoms with Crippen LogP contribution in [-0.4, -0.2) is 36.6 Å². The van der Waals surface area contributed by atoms with Crippen LogP contribution in [0.1, 0.15) is 15.9 Å². The fourth-order valence-corrected chi connectivity index (χ4v) is 3.24. The zero-order valence-electron chi connectivity index (χ0n) is 15.7. The van der Waals surface area contributed by atoms with Crippen molar-refractivity contribution in [3.05, 3.63) is 66.0 Å². The summed E-state index contributed by atoms with van der Waals surface area (Å²) >= 11 is 0. The summed E-state index contributed by atoms with van der Waals surface area (Å²) < 4.78 is 10.5. The first-order valence-electron chi connectivity index (χ1n) is 8.90. The Kier molecular flexibility index (Phi) is 4.80. The van der Waals surface area contributed by atoms with E-state index in [9.17, 15) is 4.79 Å². The number of rotatable bonds is 5. The maximum Gasteiger partial charge on any atom is 0.258 e. The minimum Gasteiger partial charge on any atom is -0.493 e. The molecule has 0 radical (unpaired) electrons. The first-order chi connectivity index (χ1) is 13.7. The Morgan fingerprint density at radius 1 is 1.04 bits per heavy atom. The number of nitrogens with one attached hydrogen (secondary N) is 1. The number of methoxy groups -OCH3 is 2. The highest BCUT2D eigenvalue weighted by molar-refractivity contribution is 6.04. The number of anilines is 3. The lowest BCUT2D eigenvalue weighted by Crippen LogP contribution is -2.18. The third kappa shape index (κ3) is 3.34. The molecule has 0 aliphatic carbocycles. The number of fused-ring (bicyclic) bond motifs is 1. The quantitative estimate of drug-likeness (QED) is 0.735. The van der Waals surface area contributed by atoms with Crippen molar-refractivity contribution >= 4 is 23.2 Å². The van der Waals surface area contributed by atoms with Crippen molar-refractivity contribution in [1.82, 2.24) is 9.97 Å². The summed E-state index contributed by atoms with van der Waals surface area (Å²) in [4.78, 5) is 23.4. The standard InChI is InChI=1S/C21H20N4O3/c1-27-18-8-7-16(11-19(18)28-2)24-20(26)15-12-22-21(23-13-15)25-10-9-14-5-3-4-6-17(14)25/h3-8,11-13H,9-10H2,1-2H3,(H,24,26). The molecular formula is C21H20N4O3. The van der Waals surface area contributed by atoms with Crippen molar-refractivity contribution in [2.45, 2.75) is 6.42 Å². The molecule has 1 aliphatic heterocycles. The summed E-state index contributed by atoms with van der Waals surface area (Å²) in [7, 11) is 3.11. The second-order valence-corrected chi connectivity index (χ2v) is 6.33. The normalized spacial score (nSPS) is 12.4. The Morgan fingerprint density at radius 3 is 2.54 bits per heavy atom.